The van der Waals surface area contributed by atoms with Crippen molar-refractivity contribution in [3.63, 3.8) is 0 Å². The van der Waals surface area contributed by atoms with Crippen molar-refractivity contribution < 1.29 is 4.79 Å². The van der Waals surface area contributed by atoms with Crippen LogP contribution in [0.25, 0.3) is 10.2 Å². The first-order chi connectivity index (χ1) is 10.6. The highest BCUT2D eigenvalue weighted by Gasteiger charge is 2.12. The Balaban J connectivity index is 1.68. The molecular formula is C14H16N6OS. The number of likely N-dealkylation sites (N-methyl/N-ethyl adjacent to an activating group) is 1. The number of nitrogens with one attached hydrogen (secondary N) is 1. The van der Waals surface area contributed by atoms with Crippen LogP contribution in [0.2, 0.25) is 0 Å². The highest BCUT2D eigenvalue weighted by Crippen LogP contribution is 2.24. The number of carbonyl (C=O) groups excluding carboxylic acids is 1. The smallest absolute Gasteiger partial charge is 0.277 e. The van der Waals surface area contributed by atoms with E-state index in [-0.39, 0.29) is 5.91 Å². The third kappa shape index (κ3) is 3.29. The SMILES string of the molecule is CN(C)CCn1ccc(C(=O)Nc2nc3ccncc3s2)n1. The Morgan fingerprint density at radius 3 is 3.05 bits per heavy atom. The van der Waals surface area contributed by atoms with Crippen molar-refractivity contribution >= 4 is 32.6 Å². The van der Waals surface area contributed by atoms with Gasteiger partial charge in [-0.3, -0.25) is 19.8 Å². The molecule has 0 aliphatic heterocycles. The summed E-state index contributed by atoms with van der Waals surface area (Å²) in [6.45, 7) is 1.61. The van der Waals surface area contributed by atoms with Gasteiger partial charge in [-0.2, -0.15) is 5.10 Å². The molecule has 0 saturated heterocycles. The summed E-state index contributed by atoms with van der Waals surface area (Å²) in [7, 11) is 4.00. The second kappa shape index (κ2) is 6.20. The van der Waals surface area contributed by atoms with Gasteiger partial charge >= 0.3 is 0 Å². The monoisotopic (exact) mass is 316 g/mol. The lowest BCUT2D eigenvalue weighted by atomic mass is 10.4. The van der Waals surface area contributed by atoms with Gasteiger partial charge in [0.25, 0.3) is 5.91 Å². The molecule has 8 heteroatoms. The molecule has 0 aliphatic carbocycles. The number of carbonyl (C=O) groups is 1. The van der Waals surface area contributed by atoms with Crippen LogP contribution in [0, 0.1) is 0 Å². The molecule has 3 heterocycles. The fourth-order valence-corrected chi connectivity index (χ4v) is 2.73. The molecule has 3 rings (SSSR count). The molecule has 0 bridgehead atoms. The number of hydrogen-bond donors (Lipinski definition) is 1. The Labute approximate surface area is 131 Å². The van der Waals surface area contributed by atoms with E-state index in [2.05, 4.69) is 25.3 Å². The largest absolute Gasteiger partial charge is 0.308 e. The van der Waals surface area contributed by atoms with Crippen molar-refractivity contribution in [2.45, 2.75) is 6.54 Å². The van der Waals surface area contributed by atoms with E-state index < -0.39 is 0 Å². The number of anilines is 1. The van der Waals surface area contributed by atoms with Gasteiger partial charge in [0.2, 0.25) is 0 Å². The predicted octanol–water partition coefficient (Wildman–Crippen LogP) is 1.70. The van der Waals surface area contributed by atoms with Crippen molar-refractivity contribution in [1.29, 1.82) is 0 Å². The van der Waals surface area contributed by atoms with Gasteiger partial charge < -0.3 is 4.90 Å². The van der Waals surface area contributed by atoms with Crippen LogP contribution in [0.4, 0.5) is 5.13 Å². The lowest BCUT2D eigenvalue weighted by Crippen LogP contribution is -2.19. The molecule has 0 radical (unpaired) electrons. The van der Waals surface area contributed by atoms with E-state index in [0.717, 1.165) is 23.3 Å². The van der Waals surface area contributed by atoms with Gasteiger partial charge in [-0.05, 0) is 26.2 Å². The molecule has 7 nitrogen and oxygen atoms in total. The number of nitrogens with zero attached hydrogens (tertiary/aromatic N) is 5. The molecule has 3 aromatic heterocycles. The maximum atomic E-state index is 12.2. The number of pyridine rings is 1. The first kappa shape index (κ1) is 14.6. The number of amides is 1. The summed E-state index contributed by atoms with van der Waals surface area (Å²) in [5, 5.41) is 7.61. The average Bonchev–Trinajstić information content (AvgIpc) is 3.11. The quantitative estimate of drug-likeness (QED) is 0.775. The average molecular weight is 316 g/mol. The van der Waals surface area contributed by atoms with Gasteiger partial charge in [0.15, 0.2) is 10.8 Å². The topological polar surface area (TPSA) is 75.9 Å². The Morgan fingerprint density at radius 1 is 1.41 bits per heavy atom. The molecule has 3 aromatic rings. The van der Waals surface area contributed by atoms with Crippen LogP contribution in [0.5, 0.6) is 0 Å². The lowest BCUT2D eigenvalue weighted by Gasteiger charge is -2.08. The highest BCUT2D eigenvalue weighted by molar-refractivity contribution is 7.22. The summed E-state index contributed by atoms with van der Waals surface area (Å²) >= 11 is 1.39. The van der Waals surface area contributed by atoms with Crippen LogP contribution < -0.4 is 5.32 Å². The fourth-order valence-electron chi connectivity index (χ4n) is 1.90. The normalized spacial score (nSPS) is 11.2. The molecule has 0 aliphatic rings. The predicted molar refractivity (Wildman–Crippen MR) is 86.1 cm³/mol. The third-order valence-electron chi connectivity index (χ3n) is 3.06. The van der Waals surface area contributed by atoms with E-state index in [9.17, 15) is 4.79 Å². The van der Waals surface area contributed by atoms with Crippen LogP contribution >= 0.6 is 11.3 Å². The van der Waals surface area contributed by atoms with Gasteiger partial charge in [-0.25, -0.2) is 4.98 Å². The zero-order valence-electron chi connectivity index (χ0n) is 12.4. The molecule has 0 saturated carbocycles. The second-order valence-corrected chi connectivity index (χ2v) is 6.11. The summed E-state index contributed by atoms with van der Waals surface area (Å²) in [6.07, 6.45) is 5.22. The Morgan fingerprint density at radius 2 is 2.27 bits per heavy atom. The zero-order valence-corrected chi connectivity index (χ0v) is 13.2. The van der Waals surface area contributed by atoms with Crippen LogP contribution in [-0.2, 0) is 6.54 Å². The van der Waals surface area contributed by atoms with Crippen LogP contribution in [0.15, 0.2) is 30.7 Å². The molecule has 0 aromatic carbocycles. The molecule has 1 amide bonds. The van der Waals surface area contributed by atoms with Crippen molar-refractivity contribution in [2.24, 2.45) is 0 Å². The van der Waals surface area contributed by atoms with Crippen molar-refractivity contribution in [3.8, 4) is 0 Å². The van der Waals surface area contributed by atoms with Gasteiger partial charge in [0, 0.05) is 25.1 Å². The van der Waals surface area contributed by atoms with Gasteiger partial charge in [0.05, 0.1) is 16.8 Å². The van der Waals surface area contributed by atoms with Gasteiger partial charge in [0.1, 0.15) is 0 Å². The summed E-state index contributed by atoms with van der Waals surface area (Å²) in [6, 6.07) is 3.53. The molecule has 1 N–H and O–H groups in total. The van der Waals surface area contributed by atoms with E-state index >= 15 is 0 Å². The van der Waals surface area contributed by atoms with Crippen molar-refractivity contribution in [3.05, 3.63) is 36.4 Å². The van der Waals surface area contributed by atoms with Crippen molar-refractivity contribution in [2.75, 3.05) is 26.0 Å². The minimum Gasteiger partial charge on any atom is -0.308 e. The van der Waals surface area contributed by atoms with Crippen molar-refractivity contribution in [1.82, 2.24) is 24.6 Å². The molecule has 0 fully saturated rings. The van der Waals surface area contributed by atoms with Gasteiger partial charge in [-0.15, -0.1) is 0 Å². The molecule has 0 spiro atoms. The van der Waals surface area contributed by atoms with Gasteiger partial charge in [-0.1, -0.05) is 11.3 Å². The Kier molecular flexibility index (Phi) is 4.12. The molecular weight excluding hydrogens is 300 g/mol. The third-order valence-corrected chi connectivity index (χ3v) is 3.98. The minimum atomic E-state index is -0.254. The number of rotatable bonds is 5. The molecule has 0 atom stereocenters. The molecule has 22 heavy (non-hydrogen) atoms. The standard InChI is InChI=1S/C14H16N6OS/c1-19(2)7-8-20-6-4-11(18-20)13(21)17-14-16-10-3-5-15-9-12(10)22-14/h3-6,9H,7-8H2,1-2H3,(H,16,17,21). The minimum absolute atomic E-state index is 0.254. The highest BCUT2D eigenvalue weighted by atomic mass is 32.1. The number of fused-ring (bicyclic) bond motifs is 1. The van der Waals surface area contributed by atoms with Crippen LogP contribution in [-0.4, -0.2) is 51.2 Å². The summed E-state index contributed by atoms with van der Waals surface area (Å²) in [4.78, 5) is 22.7. The number of hydrogen-bond acceptors (Lipinski definition) is 6. The first-order valence-corrected chi connectivity index (χ1v) is 7.63. The van der Waals surface area contributed by atoms with E-state index in [0.29, 0.717) is 10.8 Å². The maximum Gasteiger partial charge on any atom is 0.277 e. The molecule has 114 valence electrons. The lowest BCUT2D eigenvalue weighted by molar-refractivity contribution is 0.102. The summed E-state index contributed by atoms with van der Waals surface area (Å²) in [5.74, 6) is -0.254. The number of aromatic nitrogens is 4. The van der Waals surface area contributed by atoms with E-state index in [4.69, 9.17) is 0 Å². The van der Waals surface area contributed by atoms with Crippen LogP contribution in [0.1, 0.15) is 10.5 Å². The molecule has 0 unspecified atom stereocenters. The summed E-state index contributed by atoms with van der Waals surface area (Å²) in [5.41, 5.74) is 1.21. The number of thiazole rings is 1. The van der Waals surface area contributed by atoms with E-state index in [1.807, 2.05) is 20.2 Å². The van der Waals surface area contributed by atoms with E-state index in [1.54, 1.807) is 29.3 Å². The maximum absolute atomic E-state index is 12.2. The Bertz CT molecular complexity index is 760. The first-order valence-electron chi connectivity index (χ1n) is 6.82. The van der Waals surface area contributed by atoms with E-state index in [1.165, 1.54) is 11.3 Å². The summed E-state index contributed by atoms with van der Waals surface area (Å²) < 4.78 is 2.70. The Hall–Kier alpha value is -2.32. The van der Waals surface area contributed by atoms with Crippen LogP contribution in [0.3, 0.4) is 0 Å². The zero-order chi connectivity index (χ0) is 15.5. The second-order valence-electron chi connectivity index (χ2n) is 5.08. The fraction of sp³-hybridized carbons (Fsp3) is 0.286.